The summed E-state index contributed by atoms with van der Waals surface area (Å²) >= 11 is 6.09. The van der Waals surface area contributed by atoms with Crippen LogP contribution < -0.4 is 9.80 Å². The number of nitrogens with zero attached hydrogens (tertiary/aromatic N) is 6. The Morgan fingerprint density at radius 1 is 1.19 bits per heavy atom. The lowest BCUT2D eigenvalue weighted by Gasteiger charge is -2.36. The standard InChI is InChI=1S/C22H21ClFN7/c1-12-4-6-25-22(28-12)31-7-5-14-15-8-16(23)17(24)9-18(15)29-19(14)20(31)13-10-26-21(27-11-13)30(2)3/h4,6,8-11,20,29H,5,7H2,1-3H3. The van der Waals surface area contributed by atoms with Crippen LogP contribution in [0.1, 0.15) is 28.6 Å². The molecule has 0 saturated carbocycles. The molecule has 0 aliphatic carbocycles. The number of halogens is 2. The molecule has 3 aromatic heterocycles. The van der Waals surface area contributed by atoms with Crippen molar-refractivity contribution in [3.63, 3.8) is 0 Å². The van der Waals surface area contributed by atoms with Gasteiger partial charge in [-0.25, -0.2) is 24.3 Å². The van der Waals surface area contributed by atoms with Gasteiger partial charge in [0.2, 0.25) is 11.9 Å². The van der Waals surface area contributed by atoms with Crippen molar-refractivity contribution in [2.45, 2.75) is 19.4 Å². The Morgan fingerprint density at radius 2 is 1.97 bits per heavy atom. The van der Waals surface area contributed by atoms with Gasteiger partial charge in [0.15, 0.2) is 0 Å². The highest BCUT2D eigenvalue weighted by atomic mass is 35.5. The fourth-order valence-corrected chi connectivity index (χ4v) is 4.29. The monoisotopic (exact) mass is 437 g/mol. The van der Waals surface area contributed by atoms with Crippen molar-refractivity contribution >= 4 is 34.4 Å². The fraction of sp³-hybridized carbons (Fsp3) is 0.273. The van der Waals surface area contributed by atoms with Gasteiger partial charge >= 0.3 is 0 Å². The topological polar surface area (TPSA) is 73.8 Å². The maximum Gasteiger partial charge on any atom is 0.226 e. The second-order valence-corrected chi connectivity index (χ2v) is 8.29. The van der Waals surface area contributed by atoms with Crippen LogP contribution >= 0.6 is 11.6 Å². The quantitative estimate of drug-likeness (QED) is 0.521. The number of hydrogen-bond acceptors (Lipinski definition) is 6. The maximum absolute atomic E-state index is 14.1. The van der Waals surface area contributed by atoms with Crippen molar-refractivity contribution in [2.24, 2.45) is 0 Å². The third-order valence-electron chi connectivity index (χ3n) is 5.58. The Kier molecular flexibility index (Phi) is 4.74. The molecule has 5 rings (SSSR count). The smallest absolute Gasteiger partial charge is 0.226 e. The summed E-state index contributed by atoms with van der Waals surface area (Å²) in [6, 6.07) is 4.78. The van der Waals surface area contributed by atoms with E-state index >= 15 is 0 Å². The minimum atomic E-state index is -0.443. The van der Waals surface area contributed by atoms with Gasteiger partial charge in [-0.15, -0.1) is 0 Å². The Hall–Kier alpha value is -3.26. The van der Waals surface area contributed by atoms with Gasteiger partial charge in [0, 0.05) is 67.1 Å². The van der Waals surface area contributed by atoms with Crippen LogP contribution in [-0.2, 0) is 6.42 Å². The Labute approximate surface area is 183 Å². The first-order valence-corrected chi connectivity index (χ1v) is 10.3. The molecule has 7 nitrogen and oxygen atoms in total. The lowest BCUT2D eigenvalue weighted by Crippen LogP contribution is -2.37. The maximum atomic E-state index is 14.1. The van der Waals surface area contributed by atoms with Crippen LogP contribution in [0.15, 0.2) is 36.8 Å². The van der Waals surface area contributed by atoms with Gasteiger partial charge in [-0.1, -0.05) is 11.6 Å². The average molecular weight is 438 g/mol. The molecule has 0 spiro atoms. The van der Waals surface area contributed by atoms with E-state index < -0.39 is 5.82 Å². The lowest BCUT2D eigenvalue weighted by molar-refractivity contribution is 0.621. The number of aryl methyl sites for hydroxylation is 1. The summed E-state index contributed by atoms with van der Waals surface area (Å²) in [5.41, 5.74) is 4.57. The summed E-state index contributed by atoms with van der Waals surface area (Å²) in [7, 11) is 3.80. The number of hydrogen-bond donors (Lipinski definition) is 1. The van der Waals surface area contributed by atoms with Gasteiger partial charge in [0.1, 0.15) is 11.9 Å². The third kappa shape index (κ3) is 3.37. The van der Waals surface area contributed by atoms with E-state index in [1.165, 1.54) is 6.07 Å². The predicted molar refractivity (Wildman–Crippen MR) is 119 cm³/mol. The molecule has 4 heterocycles. The normalized spacial score (nSPS) is 15.9. The third-order valence-corrected chi connectivity index (χ3v) is 5.87. The summed E-state index contributed by atoms with van der Waals surface area (Å²) in [5.74, 6) is 0.820. The van der Waals surface area contributed by atoms with E-state index in [0.29, 0.717) is 18.4 Å². The fourth-order valence-electron chi connectivity index (χ4n) is 4.12. The zero-order chi connectivity index (χ0) is 21.7. The molecule has 1 aliphatic rings. The lowest BCUT2D eigenvalue weighted by atomic mass is 9.94. The van der Waals surface area contributed by atoms with Gasteiger partial charge in [-0.2, -0.15) is 0 Å². The van der Waals surface area contributed by atoms with Gasteiger partial charge < -0.3 is 14.8 Å². The molecule has 0 saturated heterocycles. The van der Waals surface area contributed by atoms with Crippen LogP contribution in [0.4, 0.5) is 16.3 Å². The summed E-state index contributed by atoms with van der Waals surface area (Å²) in [6.45, 7) is 2.64. The number of H-pyrrole nitrogens is 1. The Bertz CT molecular complexity index is 1270. The molecule has 0 bridgehead atoms. The number of rotatable bonds is 3. The van der Waals surface area contributed by atoms with Crippen molar-refractivity contribution in [1.82, 2.24) is 24.9 Å². The molecule has 0 fully saturated rings. The number of fused-ring (bicyclic) bond motifs is 3. The van der Waals surface area contributed by atoms with Crippen LogP contribution in [0.5, 0.6) is 0 Å². The van der Waals surface area contributed by atoms with E-state index in [2.05, 4.69) is 29.8 Å². The zero-order valence-corrected chi connectivity index (χ0v) is 18.2. The minimum Gasteiger partial charge on any atom is -0.356 e. The van der Waals surface area contributed by atoms with Crippen molar-refractivity contribution in [2.75, 3.05) is 30.4 Å². The van der Waals surface area contributed by atoms with Crippen molar-refractivity contribution < 1.29 is 4.39 Å². The van der Waals surface area contributed by atoms with E-state index in [-0.39, 0.29) is 11.1 Å². The molecule has 0 radical (unpaired) electrons. The molecule has 1 aromatic carbocycles. The molecule has 1 N–H and O–H groups in total. The number of benzene rings is 1. The number of anilines is 2. The molecular weight excluding hydrogens is 417 g/mol. The van der Waals surface area contributed by atoms with Gasteiger partial charge in [0.05, 0.1) is 5.02 Å². The van der Waals surface area contributed by atoms with E-state index in [1.54, 1.807) is 12.3 Å². The molecule has 158 valence electrons. The predicted octanol–water partition coefficient (Wildman–Crippen LogP) is 4.07. The molecule has 0 amide bonds. The first kappa shape index (κ1) is 19.7. The van der Waals surface area contributed by atoms with E-state index in [0.717, 1.165) is 39.8 Å². The molecule has 1 aliphatic heterocycles. The van der Waals surface area contributed by atoms with Crippen LogP contribution in [0.2, 0.25) is 5.02 Å². The molecule has 4 aromatic rings. The molecule has 9 heteroatoms. The van der Waals surface area contributed by atoms with Crippen LogP contribution in [0, 0.1) is 12.7 Å². The number of aromatic nitrogens is 5. The zero-order valence-electron chi connectivity index (χ0n) is 17.4. The highest BCUT2D eigenvalue weighted by Gasteiger charge is 2.34. The summed E-state index contributed by atoms with van der Waals surface area (Å²) < 4.78 is 14.1. The van der Waals surface area contributed by atoms with Crippen molar-refractivity contribution in [3.8, 4) is 0 Å². The number of aromatic amines is 1. The minimum absolute atomic E-state index is 0.119. The Morgan fingerprint density at radius 3 is 2.68 bits per heavy atom. The van der Waals surface area contributed by atoms with Crippen molar-refractivity contribution in [1.29, 1.82) is 0 Å². The van der Waals surface area contributed by atoms with Gasteiger partial charge in [-0.3, -0.25) is 0 Å². The van der Waals surface area contributed by atoms with E-state index in [4.69, 9.17) is 11.6 Å². The highest BCUT2D eigenvalue weighted by molar-refractivity contribution is 6.31. The van der Waals surface area contributed by atoms with Gasteiger partial charge in [-0.05, 0) is 37.1 Å². The average Bonchev–Trinajstić information content (AvgIpc) is 3.10. The summed E-state index contributed by atoms with van der Waals surface area (Å²) in [5, 5.41) is 1.05. The first-order valence-electron chi connectivity index (χ1n) is 9.97. The van der Waals surface area contributed by atoms with Crippen molar-refractivity contribution in [3.05, 3.63) is 70.1 Å². The Balaban J connectivity index is 1.70. The number of nitrogens with one attached hydrogen (secondary N) is 1. The largest absolute Gasteiger partial charge is 0.356 e. The second-order valence-electron chi connectivity index (χ2n) is 7.88. The van der Waals surface area contributed by atoms with Crippen LogP contribution in [-0.4, -0.2) is 45.6 Å². The van der Waals surface area contributed by atoms with E-state index in [9.17, 15) is 4.39 Å². The van der Waals surface area contributed by atoms with Crippen LogP contribution in [0.3, 0.4) is 0 Å². The SMILES string of the molecule is Cc1ccnc(N2CCc3c([nH]c4cc(F)c(Cl)cc34)C2c2cnc(N(C)C)nc2)n1. The first-order chi connectivity index (χ1) is 14.9. The van der Waals surface area contributed by atoms with Crippen LogP contribution in [0.25, 0.3) is 10.9 Å². The molecule has 1 unspecified atom stereocenters. The molecule has 1 atom stereocenters. The van der Waals surface area contributed by atoms with E-state index in [1.807, 2.05) is 44.4 Å². The molecule has 31 heavy (non-hydrogen) atoms. The van der Waals surface area contributed by atoms with Gasteiger partial charge in [0.25, 0.3) is 0 Å². The second kappa shape index (κ2) is 7.46. The molecular formula is C22H21ClFN7. The highest BCUT2D eigenvalue weighted by Crippen LogP contribution is 2.40. The summed E-state index contributed by atoms with van der Waals surface area (Å²) in [6.07, 6.45) is 6.16. The summed E-state index contributed by atoms with van der Waals surface area (Å²) in [4.78, 5) is 25.6.